The summed E-state index contributed by atoms with van der Waals surface area (Å²) in [5.74, 6) is -3.40. The first-order valence-electron chi connectivity index (χ1n) is 4.99. The van der Waals surface area contributed by atoms with Gasteiger partial charge < -0.3 is 10.4 Å². The van der Waals surface area contributed by atoms with Crippen molar-refractivity contribution in [1.29, 1.82) is 0 Å². The van der Waals surface area contributed by atoms with Gasteiger partial charge in [0, 0.05) is 5.69 Å². The van der Waals surface area contributed by atoms with Crippen LogP contribution in [0.5, 0.6) is 0 Å². The highest BCUT2D eigenvalue weighted by Gasteiger charge is 2.38. The number of aryl methyl sites for hydroxylation is 1. The third kappa shape index (κ3) is 3.47. The summed E-state index contributed by atoms with van der Waals surface area (Å²) in [5.41, 5.74) is 0.160. The number of hydrogen-bond donors (Lipinski definition) is 2. The maximum atomic E-state index is 12.0. The van der Waals surface area contributed by atoms with E-state index in [1.807, 2.05) is 0 Å². The molecule has 0 aliphatic rings. The Morgan fingerprint density at radius 3 is 2.33 bits per heavy atom. The van der Waals surface area contributed by atoms with Gasteiger partial charge in [0.1, 0.15) is 0 Å². The molecule has 0 fully saturated rings. The van der Waals surface area contributed by atoms with E-state index < -0.39 is 18.1 Å². The van der Waals surface area contributed by atoms with Crippen molar-refractivity contribution >= 4 is 17.6 Å². The van der Waals surface area contributed by atoms with Crippen LogP contribution in [0.15, 0.2) is 18.2 Å². The fraction of sp³-hybridized carbons (Fsp3) is 0.273. The first-order valence-corrected chi connectivity index (χ1v) is 4.99. The second-order valence-corrected chi connectivity index (χ2v) is 3.53. The zero-order valence-electron chi connectivity index (χ0n) is 9.34. The molecule has 0 heterocycles. The lowest BCUT2D eigenvalue weighted by atomic mass is 10.1. The minimum atomic E-state index is -5.01. The van der Waals surface area contributed by atoms with Gasteiger partial charge in [-0.05, 0) is 30.2 Å². The maximum Gasteiger partial charge on any atom is 0.471 e. The predicted octanol–water partition coefficient (Wildman–Crippen LogP) is 2.45. The molecule has 1 amide bonds. The number of amides is 1. The number of anilines is 1. The molecule has 0 bridgehead atoms. The van der Waals surface area contributed by atoms with E-state index in [9.17, 15) is 22.8 Å². The summed E-state index contributed by atoms with van der Waals surface area (Å²) in [6, 6.07) is 3.62. The lowest BCUT2D eigenvalue weighted by Gasteiger charge is -2.10. The van der Waals surface area contributed by atoms with Crippen LogP contribution < -0.4 is 5.32 Å². The van der Waals surface area contributed by atoms with Gasteiger partial charge in [-0.2, -0.15) is 13.2 Å². The third-order valence-corrected chi connectivity index (χ3v) is 2.16. The van der Waals surface area contributed by atoms with Crippen molar-refractivity contribution < 1.29 is 27.9 Å². The summed E-state index contributed by atoms with van der Waals surface area (Å²) in [7, 11) is 0. The van der Waals surface area contributed by atoms with E-state index in [1.54, 1.807) is 12.2 Å². The average molecular weight is 261 g/mol. The number of carboxylic acids is 1. The summed E-state index contributed by atoms with van der Waals surface area (Å²) in [6.45, 7) is 1.72. The SMILES string of the molecule is CCc1cc(NC(=O)C(F)(F)F)cc(C(=O)O)c1. The Morgan fingerprint density at radius 2 is 1.89 bits per heavy atom. The van der Waals surface area contributed by atoms with E-state index in [0.717, 1.165) is 6.07 Å². The Hall–Kier alpha value is -2.05. The van der Waals surface area contributed by atoms with Crippen molar-refractivity contribution in [2.24, 2.45) is 0 Å². The zero-order valence-corrected chi connectivity index (χ0v) is 9.34. The van der Waals surface area contributed by atoms with Crippen molar-refractivity contribution in [3.8, 4) is 0 Å². The van der Waals surface area contributed by atoms with E-state index in [1.165, 1.54) is 12.1 Å². The normalized spacial score (nSPS) is 11.1. The van der Waals surface area contributed by atoms with Gasteiger partial charge in [0.05, 0.1) is 5.56 Å². The molecule has 0 aliphatic carbocycles. The Morgan fingerprint density at radius 1 is 1.28 bits per heavy atom. The molecule has 0 saturated heterocycles. The van der Waals surface area contributed by atoms with Gasteiger partial charge in [-0.3, -0.25) is 4.79 Å². The molecule has 1 rings (SSSR count). The predicted molar refractivity (Wildman–Crippen MR) is 57.5 cm³/mol. The largest absolute Gasteiger partial charge is 0.478 e. The van der Waals surface area contributed by atoms with Gasteiger partial charge in [0.2, 0.25) is 0 Å². The molecule has 0 atom stereocenters. The second-order valence-electron chi connectivity index (χ2n) is 3.53. The summed E-state index contributed by atoms with van der Waals surface area (Å²) in [4.78, 5) is 21.5. The smallest absolute Gasteiger partial charge is 0.471 e. The van der Waals surface area contributed by atoms with E-state index in [0.29, 0.717) is 12.0 Å². The van der Waals surface area contributed by atoms with Gasteiger partial charge in [-0.1, -0.05) is 6.92 Å². The number of nitrogens with one attached hydrogen (secondary N) is 1. The molecule has 2 N–H and O–H groups in total. The molecule has 0 saturated carbocycles. The first kappa shape index (κ1) is 14.0. The monoisotopic (exact) mass is 261 g/mol. The molecule has 0 radical (unpaired) electrons. The van der Waals surface area contributed by atoms with Gasteiger partial charge in [-0.25, -0.2) is 4.79 Å². The molecule has 0 aliphatic heterocycles. The zero-order chi connectivity index (χ0) is 13.9. The van der Waals surface area contributed by atoms with Crippen molar-refractivity contribution in [2.45, 2.75) is 19.5 Å². The minimum Gasteiger partial charge on any atom is -0.478 e. The van der Waals surface area contributed by atoms with E-state index in [-0.39, 0.29) is 11.3 Å². The molecule has 1 aromatic rings. The maximum absolute atomic E-state index is 12.0. The van der Waals surface area contributed by atoms with Crippen LogP contribution in [0, 0.1) is 0 Å². The number of halogens is 3. The number of carboxylic acid groups (broad SMARTS) is 1. The van der Waals surface area contributed by atoms with Crippen molar-refractivity contribution in [3.63, 3.8) is 0 Å². The van der Waals surface area contributed by atoms with Crippen LogP contribution in [-0.2, 0) is 11.2 Å². The van der Waals surface area contributed by atoms with Crippen LogP contribution in [0.1, 0.15) is 22.8 Å². The fourth-order valence-corrected chi connectivity index (χ4v) is 1.29. The Labute approximate surface area is 100 Å². The quantitative estimate of drug-likeness (QED) is 0.878. The van der Waals surface area contributed by atoms with Crippen LogP contribution in [-0.4, -0.2) is 23.2 Å². The van der Waals surface area contributed by atoms with Gasteiger partial charge in [-0.15, -0.1) is 0 Å². The Bertz CT molecular complexity index is 483. The van der Waals surface area contributed by atoms with Crippen LogP contribution in [0.4, 0.5) is 18.9 Å². The number of benzene rings is 1. The molecule has 1 aromatic carbocycles. The number of hydrogen-bond acceptors (Lipinski definition) is 2. The van der Waals surface area contributed by atoms with Crippen molar-refractivity contribution in [2.75, 3.05) is 5.32 Å². The highest BCUT2D eigenvalue weighted by molar-refractivity contribution is 5.96. The van der Waals surface area contributed by atoms with Crippen LogP contribution >= 0.6 is 0 Å². The standard InChI is InChI=1S/C11H10F3NO3/c1-2-6-3-7(9(16)17)5-8(4-6)15-10(18)11(12,13)14/h3-5H,2H2,1H3,(H,15,18)(H,16,17). The molecule has 0 spiro atoms. The van der Waals surface area contributed by atoms with E-state index in [4.69, 9.17) is 5.11 Å². The number of alkyl halides is 3. The van der Waals surface area contributed by atoms with Crippen LogP contribution in [0.3, 0.4) is 0 Å². The molecule has 0 unspecified atom stereocenters. The van der Waals surface area contributed by atoms with Crippen LogP contribution in [0.2, 0.25) is 0 Å². The summed E-state index contributed by atoms with van der Waals surface area (Å²) in [6.07, 6.45) is -4.57. The topological polar surface area (TPSA) is 66.4 Å². The van der Waals surface area contributed by atoms with E-state index >= 15 is 0 Å². The molecular weight excluding hydrogens is 251 g/mol. The minimum absolute atomic E-state index is 0.174. The molecule has 18 heavy (non-hydrogen) atoms. The average Bonchev–Trinajstić information content (AvgIpc) is 2.27. The second kappa shape index (κ2) is 5.07. The number of carbonyl (C=O) groups is 2. The summed E-state index contributed by atoms with van der Waals surface area (Å²) < 4.78 is 36.1. The number of rotatable bonds is 3. The third-order valence-electron chi connectivity index (χ3n) is 2.16. The van der Waals surface area contributed by atoms with Gasteiger partial charge in [0.15, 0.2) is 0 Å². The Balaban J connectivity index is 3.06. The highest BCUT2D eigenvalue weighted by atomic mass is 19.4. The van der Waals surface area contributed by atoms with Crippen molar-refractivity contribution in [3.05, 3.63) is 29.3 Å². The summed E-state index contributed by atoms with van der Waals surface area (Å²) >= 11 is 0. The lowest BCUT2D eigenvalue weighted by molar-refractivity contribution is -0.167. The molecule has 4 nitrogen and oxygen atoms in total. The van der Waals surface area contributed by atoms with Crippen molar-refractivity contribution in [1.82, 2.24) is 0 Å². The van der Waals surface area contributed by atoms with Gasteiger partial charge in [0.25, 0.3) is 0 Å². The van der Waals surface area contributed by atoms with E-state index in [2.05, 4.69) is 0 Å². The Kier molecular flexibility index (Phi) is 3.95. The molecule has 7 heteroatoms. The molecule has 98 valence electrons. The van der Waals surface area contributed by atoms with Gasteiger partial charge >= 0.3 is 18.1 Å². The number of aromatic carboxylic acids is 1. The summed E-state index contributed by atoms with van der Waals surface area (Å²) in [5, 5.41) is 10.4. The first-order chi connectivity index (χ1) is 8.24. The van der Waals surface area contributed by atoms with Crippen LogP contribution in [0.25, 0.3) is 0 Å². The fourth-order valence-electron chi connectivity index (χ4n) is 1.29. The lowest BCUT2D eigenvalue weighted by Crippen LogP contribution is -2.30. The molecule has 0 aromatic heterocycles. The molecular formula is C11H10F3NO3. The highest BCUT2D eigenvalue weighted by Crippen LogP contribution is 2.20. The number of carbonyl (C=O) groups excluding carboxylic acids is 1.